The molecule has 0 radical (unpaired) electrons. The standard InChI is InChI=1S/C12H16N4/c1-3-10-14-8(2)11(15-10)12-13-6-7-16(12)9-4-5-9/h6-7,9H,3-5H2,1-2H3,(H,14,15). The molecular formula is C12H16N4. The molecule has 0 atom stereocenters. The molecule has 4 nitrogen and oxygen atoms in total. The number of hydrogen-bond acceptors (Lipinski definition) is 2. The van der Waals surface area contributed by atoms with Crippen molar-refractivity contribution in [3.05, 3.63) is 23.9 Å². The summed E-state index contributed by atoms with van der Waals surface area (Å²) in [6.07, 6.45) is 7.41. The summed E-state index contributed by atoms with van der Waals surface area (Å²) in [5.41, 5.74) is 2.12. The average molecular weight is 216 g/mol. The summed E-state index contributed by atoms with van der Waals surface area (Å²) in [6.45, 7) is 4.17. The number of rotatable bonds is 3. The third-order valence-corrected chi connectivity index (χ3v) is 3.09. The molecular weight excluding hydrogens is 200 g/mol. The second kappa shape index (κ2) is 3.47. The first-order chi connectivity index (χ1) is 7.79. The van der Waals surface area contributed by atoms with Crippen LogP contribution in [0.2, 0.25) is 0 Å². The third-order valence-electron chi connectivity index (χ3n) is 3.09. The van der Waals surface area contributed by atoms with Crippen LogP contribution in [-0.2, 0) is 6.42 Å². The Kier molecular flexibility index (Phi) is 2.09. The molecule has 84 valence electrons. The van der Waals surface area contributed by atoms with Crippen LogP contribution in [0.15, 0.2) is 12.4 Å². The first kappa shape index (κ1) is 9.63. The van der Waals surface area contributed by atoms with Gasteiger partial charge < -0.3 is 9.55 Å². The highest BCUT2D eigenvalue weighted by molar-refractivity contribution is 5.54. The fourth-order valence-corrected chi connectivity index (χ4v) is 2.05. The van der Waals surface area contributed by atoms with Crippen LogP contribution in [0.4, 0.5) is 0 Å². The predicted molar refractivity (Wildman–Crippen MR) is 62.2 cm³/mol. The van der Waals surface area contributed by atoms with Gasteiger partial charge in [-0.15, -0.1) is 0 Å². The normalized spacial score (nSPS) is 15.6. The summed E-state index contributed by atoms with van der Waals surface area (Å²) in [5, 5.41) is 0. The smallest absolute Gasteiger partial charge is 0.160 e. The monoisotopic (exact) mass is 216 g/mol. The van der Waals surface area contributed by atoms with Gasteiger partial charge in [-0.2, -0.15) is 0 Å². The number of hydrogen-bond donors (Lipinski definition) is 1. The molecule has 0 amide bonds. The van der Waals surface area contributed by atoms with E-state index in [-0.39, 0.29) is 0 Å². The third kappa shape index (κ3) is 1.45. The summed E-state index contributed by atoms with van der Waals surface area (Å²) in [7, 11) is 0. The highest BCUT2D eigenvalue weighted by Gasteiger charge is 2.27. The highest BCUT2D eigenvalue weighted by atomic mass is 15.1. The first-order valence-electron chi connectivity index (χ1n) is 5.88. The van der Waals surface area contributed by atoms with E-state index in [1.165, 1.54) is 12.8 Å². The zero-order chi connectivity index (χ0) is 11.1. The molecule has 0 aliphatic heterocycles. The maximum absolute atomic E-state index is 4.60. The van der Waals surface area contributed by atoms with Crippen LogP contribution in [0.3, 0.4) is 0 Å². The summed E-state index contributed by atoms with van der Waals surface area (Å²) in [6, 6.07) is 0.652. The number of aromatic nitrogens is 4. The van der Waals surface area contributed by atoms with Gasteiger partial charge in [0.25, 0.3) is 0 Å². The van der Waals surface area contributed by atoms with Crippen molar-refractivity contribution in [1.29, 1.82) is 0 Å². The van der Waals surface area contributed by atoms with Gasteiger partial charge in [0, 0.05) is 30.6 Å². The number of nitrogens with zero attached hydrogens (tertiary/aromatic N) is 3. The van der Waals surface area contributed by atoms with Gasteiger partial charge in [0.15, 0.2) is 5.82 Å². The lowest BCUT2D eigenvalue weighted by Gasteiger charge is -2.03. The van der Waals surface area contributed by atoms with E-state index in [1.54, 1.807) is 0 Å². The Labute approximate surface area is 94.7 Å². The van der Waals surface area contributed by atoms with Crippen LogP contribution in [0.25, 0.3) is 11.5 Å². The van der Waals surface area contributed by atoms with Crippen molar-refractivity contribution in [2.75, 3.05) is 0 Å². The molecule has 1 fully saturated rings. The lowest BCUT2D eigenvalue weighted by molar-refractivity contribution is 0.747. The van der Waals surface area contributed by atoms with Crippen LogP contribution in [-0.4, -0.2) is 19.5 Å². The zero-order valence-corrected chi connectivity index (χ0v) is 9.70. The lowest BCUT2D eigenvalue weighted by atomic mass is 10.3. The molecule has 1 N–H and O–H groups in total. The van der Waals surface area contributed by atoms with E-state index in [9.17, 15) is 0 Å². The van der Waals surface area contributed by atoms with Crippen LogP contribution < -0.4 is 0 Å². The molecule has 2 heterocycles. The lowest BCUT2D eigenvalue weighted by Crippen LogP contribution is -1.97. The van der Waals surface area contributed by atoms with Gasteiger partial charge in [-0.25, -0.2) is 9.97 Å². The van der Waals surface area contributed by atoms with E-state index in [1.807, 2.05) is 6.20 Å². The Hall–Kier alpha value is -1.58. The number of aryl methyl sites for hydroxylation is 2. The molecule has 3 rings (SSSR count). The Morgan fingerprint density at radius 1 is 1.50 bits per heavy atom. The average Bonchev–Trinajstić information content (AvgIpc) is 2.89. The zero-order valence-electron chi connectivity index (χ0n) is 9.70. The van der Waals surface area contributed by atoms with Crippen LogP contribution in [0.1, 0.15) is 37.3 Å². The molecule has 1 saturated carbocycles. The second-order valence-corrected chi connectivity index (χ2v) is 4.40. The number of nitrogens with one attached hydrogen (secondary N) is 1. The molecule has 0 saturated heterocycles. The maximum atomic E-state index is 4.60. The van der Waals surface area contributed by atoms with Crippen LogP contribution >= 0.6 is 0 Å². The van der Waals surface area contributed by atoms with Crippen molar-refractivity contribution in [3.8, 4) is 11.5 Å². The van der Waals surface area contributed by atoms with Gasteiger partial charge >= 0.3 is 0 Å². The molecule has 2 aromatic heterocycles. The van der Waals surface area contributed by atoms with E-state index in [0.717, 1.165) is 29.5 Å². The topological polar surface area (TPSA) is 46.5 Å². The maximum Gasteiger partial charge on any atom is 0.160 e. The van der Waals surface area contributed by atoms with Crippen molar-refractivity contribution < 1.29 is 0 Å². The molecule has 0 bridgehead atoms. The molecule has 1 aliphatic rings. The molecule has 2 aromatic rings. The quantitative estimate of drug-likeness (QED) is 0.856. The van der Waals surface area contributed by atoms with Crippen molar-refractivity contribution in [1.82, 2.24) is 19.5 Å². The first-order valence-corrected chi connectivity index (χ1v) is 5.88. The highest BCUT2D eigenvalue weighted by Crippen LogP contribution is 2.37. The Morgan fingerprint density at radius 2 is 2.31 bits per heavy atom. The molecule has 4 heteroatoms. The number of H-pyrrole nitrogens is 1. The number of imidazole rings is 2. The van der Waals surface area contributed by atoms with Gasteiger partial charge in [-0.05, 0) is 19.8 Å². The van der Waals surface area contributed by atoms with E-state index in [0.29, 0.717) is 6.04 Å². The van der Waals surface area contributed by atoms with Gasteiger partial charge in [-0.3, -0.25) is 0 Å². The van der Waals surface area contributed by atoms with Crippen molar-refractivity contribution in [3.63, 3.8) is 0 Å². The summed E-state index contributed by atoms with van der Waals surface area (Å²) < 4.78 is 2.25. The molecule has 0 aromatic carbocycles. The predicted octanol–water partition coefficient (Wildman–Crippen LogP) is 2.48. The fraction of sp³-hybridized carbons (Fsp3) is 0.500. The minimum atomic E-state index is 0.652. The van der Waals surface area contributed by atoms with Gasteiger partial charge in [0.2, 0.25) is 0 Å². The minimum Gasteiger partial charge on any atom is -0.345 e. The van der Waals surface area contributed by atoms with Crippen LogP contribution in [0.5, 0.6) is 0 Å². The Balaban J connectivity index is 2.06. The Bertz CT molecular complexity index is 505. The van der Waals surface area contributed by atoms with E-state index < -0.39 is 0 Å². The molecule has 16 heavy (non-hydrogen) atoms. The van der Waals surface area contributed by atoms with Gasteiger partial charge in [0.1, 0.15) is 11.5 Å². The molecule has 1 aliphatic carbocycles. The minimum absolute atomic E-state index is 0.652. The summed E-state index contributed by atoms with van der Waals surface area (Å²) in [4.78, 5) is 12.3. The summed E-state index contributed by atoms with van der Waals surface area (Å²) in [5.74, 6) is 2.05. The largest absolute Gasteiger partial charge is 0.345 e. The Morgan fingerprint density at radius 3 is 2.94 bits per heavy atom. The van der Waals surface area contributed by atoms with Crippen molar-refractivity contribution in [2.45, 2.75) is 39.2 Å². The van der Waals surface area contributed by atoms with Crippen molar-refractivity contribution >= 4 is 0 Å². The molecule has 0 spiro atoms. The van der Waals surface area contributed by atoms with Crippen molar-refractivity contribution in [2.24, 2.45) is 0 Å². The fourth-order valence-electron chi connectivity index (χ4n) is 2.05. The van der Waals surface area contributed by atoms with Gasteiger partial charge in [0.05, 0.1) is 0 Å². The summed E-state index contributed by atoms with van der Waals surface area (Å²) >= 11 is 0. The second-order valence-electron chi connectivity index (χ2n) is 4.40. The SMILES string of the molecule is CCc1nc(-c2nccn2C2CC2)c(C)[nH]1. The van der Waals surface area contributed by atoms with E-state index >= 15 is 0 Å². The van der Waals surface area contributed by atoms with E-state index in [2.05, 4.69) is 39.6 Å². The molecule has 0 unspecified atom stereocenters. The number of aromatic amines is 1. The van der Waals surface area contributed by atoms with Gasteiger partial charge in [-0.1, -0.05) is 6.92 Å². The van der Waals surface area contributed by atoms with E-state index in [4.69, 9.17) is 0 Å². The van der Waals surface area contributed by atoms with Crippen LogP contribution in [0, 0.1) is 6.92 Å².